The van der Waals surface area contributed by atoms with Crippen molar-refractivity contribution >= 4 is 17.7 Å². The second kappa shape index (κ2) is 4.41. The van der Waals surface area contributed by atoms with Crippen molar-refractivity contribution in [3.8, 4) is 0 Å². The first-order valence-electron chi connectivity index (χ1n) is 7.02. The summed E-state index contributed by atoms with van der Waals surface area (Å²) in [5.74, 6) is 4.19. The van der Waals surface area contributed by atoms with Crippen molar-refractivity contribution in [2.24, 2.45) is 29.6 Å². The summed E-state index contributed by atoms with van der Waals surface area (Å²) >= 11 is 1.61. The summed E-state index contributed by atoms with van der Waals surface area (Å²) in [6.45, 7) is 2.18. The van der Waals surface area contributed by atoms with Crippen LogP contribution in [0.2, 0.25) is 0 Å². The van der Waals surface area contributed by atoms with Crippen molar-refractivity contribution in [1.29, 1.82) is 0 Å². The zero-order valence-electron chi connectivity index (χ0n) is 11.2. The number of hydrogen-bond donors (Lipinski definition) is 2. The fourth-order valence-corrected chi connectivity index (χ4v) is 5.16. The number of hydrogen-bond acceptors (Lipinski definition) is 3. The molecule has 3 aliphatic rings. The number of aliphatic hydroxyl groups is 1. The third-order valence-electron chi connectivity index (χ3n) is 5.14. The molecule has 4 heteroatoms. The highest BCUT2D eigenvalue weighted by molar-refractivity contribution is 7.98. The van der Waals surface area contributed by atoms with E-state index in [4.69, 9.17) is 0 Å². The molecule has 18 heavy (non-hydrogen) atoms. The molecule has 0 radical (unpaired) electrons. The molecule has 0 heterocycles. The highest BCUT2D eigenvalue weighted by Gasteiger charge is 2.67. The predicted molar refractivity (Wildman–Crippen MR) is 73.3 cm³/mol. The van der Waals surface area contributed by atoms with Crippen molar-refractivity contribution in [1.82, 2.24) is 5.32 Å². The molecule has 0 spiro atoms. The second-order valence-electron chi connectivity index (χ2n) is 6.66. The third kappa shape index (κ3) is 2.07. The number of rotatable bonds is 5. The molecule has 0 aromatic carbocycles. The zero-order chi connectivity index (χ0) is 12.9. The maximum Gasteiger partial charge on any atom is 0.223 e. The van der Waals surface area contributed by atoms with Gasteiger partial charge in [0.2, 0.25) is 5.91 Å². The lowest BCUT2D eigenvalue weighted by Gasteiger charge is -2.22. The lowest BCUT2D eigenvalue weighted by atomic mass is 10.0. The summed E-state index contributed by atoms with van der Waals surface area (Å²) in [4.78, 5) is 12.2. The molecule has 0 aromatic heterocycles. The summed E-state index contributed by atoms with van der Waals surface area (Å²) in [6.07, 6.45) is 6.04. The van der Waals surface area contributed by atoms with Gasteiger partial charge in [-0.05, 0) is 56.1 Å². The fraction of sp³-hybridized carbons (Fsp3) is 0.929. The fourth-order valence-electron chi connectivity index (χ4n) is 4.43. The molecule has 3 saturated carbocycles. The normalized spacial score (nSPS) is 43.4. The lowest BCUT2D eigenvalue weighted by Crippen LogP contribution is -2.43. The zero-order valence-corrected chi connectivity index (χ0v) is 12.0. The number of fused-ring (bicyclic) bond motifs is 5. The Bertz CT molecular complexity index is 342. The molecule has 1 amide bonds. The predicted octanol–water partition coefficient (Wildman–Crippen LogP) is 1.51. The van der Waals surface area contributed by atoms with Crippen LogP contribution in [0.5, 0.6) is 0 Å². The minimum Gasteiger partial charge on any atom is -0.387 e. The van der Waals surface area contributed by atoms with Gasteiger partial charge < -0.3 is 10.4 Å². The van der Waals surface area contributed by atoms with Crippen LogP contribution in [0.4, 0.5) is 0 Å². The Labute approximate surface area is 113 Å². The van der Waals surface area contributed by atoms with E-state index in [-0.39, 0.29) is 11.8 Å². The van der Waals surface area contributed by atoms with Crippen LogP contribution in [0.15, 0.2) is 0 Å². The average molecular weight is 269 g/mol. The molecule has 0 aromatic rings. The molecule has 2 N–H and O–H groups in total. The molecular formula is C14H23NO2S. The summed E-state index contributed by atoms with van der Waals surface area (Å²) in [7, 11) is 0. The largest absolute Gasteiger partial charge is 0.387 e. The van der Waals surface area contributed by atoms with E-state index in [2.05, 4.69) is 5.32 Å². The maximum absolute atomic E-state index is 12.2. The Balaban J connectivity index is 1.49. The smallest absolute Gasteiger partial charge is 0.223 e. The van der Waals surface area contributed by atoms with Gasteiger partial charge in [0, 0.05) is 18.2 Å². The first kappa shape index (κ1) is 12.8. The standard InChI is InChI=1S/C14H23NO2S/c1-14(17,7-18-2)6-15-13(16)12-10-8-3-4-9(5-8)11(10)12/h8-12,17H,3-7H2,1-2H3,(H,15,16). The van der Waals surface area contributed by atoms with Crippen molar-refractivity contribution in [2.45, 2.75) is 31.8 Å². The monoisotopic (exact) mass is 269 g/mol. The van der Waals surface area contributed by atoms with Gasteiger partial charge >= 0.3 is 0 Å². The number of amides is 1. The summed E-state index contributed by atoms with van der Waals surface area (Å²) in [5.41, 5.74) is -0.780. The first-order valence-corrected chi connectivity index (χ1v) is 8.42. The number of thioether (sulfide) groups is 1. The lowest BCUT2D eigenvalue weighted by molar-refractivity contribution is -0.124. The van der Waals surface area contributed by atoms with Gasteiger partial charge in [0.15, 0.2) is 0 Å². The number of nitrogens with one attached hydrogen (secondary N) is 1. The number of carbonyl (C=O) groups is 1. The Kier molecular flexibility index (Phi) is 3.14. The third-order valence-corrected chi connectivity index (χ3v) is 6.05. The molecule has 3 fully saturated rings. The van der Waals surface area contributed by atoms with E-state index in [1.807, 2.05) is 6.26 Å². The molecule has 5 atom stereocenters. The van der Waals surface area contributed by atoms with Crippen molar-refractivity contribution in [3.63, 3.8) is 0 Å². The first-order chi connectivity index (χ1) is 8.53. The van der Waals surface area contributed by atoms with E-state index in [1.165, 1.54) is 19.3 Å². The van der Waals surface area contributed by atoms with Crippen LogP contribution in [0, 0.1) is 29.6 Å². The second-order valence-corrected chi connectivity index (χ2v) is 7.53. The van der Waals surface area contributed by atoms with Crippen LogP contribution in [0.1, 0.15) is 26.2 Å². The van der Waals surface area contributed by atoms with Gasteiger partial charge in [0.05, 0.1) is 5.60 Å². The Morgan fingerprint density at radius 1 is 1.39 bits per heavy atom. The minimum absolute atomic E-state index is 0.197. The van der Waals surface area contributed by atoms with Crippen molar-refractivity contribution < 1.29 is 9.90 Å². The highest BCUT2D eigenvalue weighted by Crippen LogP contribution is 2.69. The maximum atomic E-state index is 12.2. The summed E-state index contributed by atoms with van der Waals surface area (Å²) in [6, 6.07) is 0. The van der Waals surface area contributed by atoms with Gasteiger partial charge in [-0.3, -0.25) is 4.79 Å². The van der Waals surface area contributed by atoms with Crippen LogP contribution < -0.4 is 5.32 Å². The molecule has 2 bridgehead atoms. The summed E-state index contributed by atoms with van der Waals surface area (Å²) in [5, 5.41) is 13.0. The molecule has 3 nitrogen and oxygen atoms in total. The van der Waals surface area contributed by atoms with Gasteiger partial charge in [-0.25, -0.2) is 0 Å². The molecule has 0 aliphatic heterocycles. The minimum atomic E-state index is -0.780. The Morgan fingerprint density at radius 3 is 2.56 bits per heavy atom. The molecule has 0 saturated heterocycles. The van der Waals surface area contributed by atoms with Crippen molar-refractivity contribution in [2.75, 3.05) is 18.6 Å². The van der Waals surface area contributed by atoms with E-state index in [1.54, 1.807) is 18.7 Å². The van der Waals surface area contributed by atoms with Crippen LogP contribution in [0.3, 0.4) is 0 Å². The van der Waals surface area contributed by atoms with Crippen molar-refractivity contribution in [3.05, 3.63) is 0 Å². The molecular weight excluding hydrogens is 246 g/mol. The quantitative estimate of drug-likeness (QED) is 0.795. The highest BCUT2D eigenvalue weighted by atomic mass is 32.2. The van der Waals surface area contributed by atoms with Crippen LogP contribution in [-0.2, 0) is 4.79 Å². The van der Waals surface area contributed by atoms with Crippen LogP contribution in [-0.4, -0.2) is 35.2 Å². The van der Waals surface area contributed by atoms with Gasteiger partial charge in [-0.15, -0.1) is 0 Å². The van der Waals surface area contributed by atoms with Gasteiger partial charge in [-0.1, -0.05) is 0 Å². The van der Waals surface area contributed by atoms with E-state index in [9.17, 15) is 9.90 Å². The number of carbonyl (C=O) groups excluding carboxylic acids is 1. The van der Waals surface area contributed by atoms with E-state index in [0.29, 0.717) is 24.1 Å². The summed E-state index contributed by atoms with van der Waals surface area (Å²) < 4.78 is 0. The molecule has 5 unspecified atom stereocenters. The Hall–Kier alpha value is -0.220. The van der Waals surface area contributed by atoms with Crippen LogP contribution in [0.25, 0.3) is 0 Å². The van der Waals surface area contributed by atoms with Gasteiger partial charge in [0.25, 0.3) is 0 Å². The van der Waals surface area contributed by atoms with Crippen LogP contribution >= 0.6 is 11.8 Å². The molecule has 3 aliphatic carbocycles. The van der Waals surface area contributed by atoms with E-state index < -0.39 is 5.60 Å². The average Bonchev–Trinajstić information content (AvgIpc) is 2.75. The van der Waals surface area contributed by atoms with Gasteiger partial charge in [-0.2, -0.15) is 11.8 Å². The molecule has 102 valence electrons. The van der Waals surface area contributed by atoms with E-state index >= 15 is 0 Å². The Morgan fingerprint density at radius 2 is 2.00 bits per heavy atom. The molecule has 3 rings (SSSR count). The van der Waals surface area contributed by atoms with E-state index in [0.717, 1.165) is 11.8 Å². The topological polar surface area (TPSA) is 49.3 Å². The SMILES string of the molecule is CSCC(C)(O)CNC(=O)C1C2C3CCC(C3)C12. The van der Waals surface area contributed by atoms with Gasteiger partial charge in [0.1, 0.15) is 0 Å².